The molecule has 4 heterocycles. The zero-order valence-electron chi connectivity index (χ0n) is 38.2. The van der Waals surface area contributed by atoms with Crippen LogP contribution in [0.5, 0.6) is 23.0 Å². The fourth-order valence-corrected chi connectivity index (χ4v) is 10.3. The van der Waals surface area contributed by atoms with Gasteiger partial charge in [-0.2, -0.15) is 0 Å². The van der Waals surface area contributed by atoms with Crippen LogP contribution < -0.4 is 18.9 Å². The maximum Gasteiger partial charge on any atom is 0.410 e. The summed E-state index contributed by atoms with van der Waals surface area (Å²) < 4.78 is 44.6. The molecule has 3 aliphatic heterocycles. The summed E-state index contributed by atoms with van der Waals surface area (Å²) in [5.74, 6) is 0.302. The summed E-state index contributed by atoms with van der Waals surface area (Å²) in [6.07, 6.45) is 12.5. The molecule has 2 N–H and O–H groups in total. The SMILES string of the molecule is C=CCCOC(=O)N(Cc1ccc2c(c1)OCO2)C1CC(=NOC2CCCCO2)C2=CC(CCCCO)C(CCCCO)C3c4cc(OCc5cccc(C)n5)ccc4OC1(OCC=C)C23. The maximum atomic E-state index is 14.9. The number of ether oxygens (including phenoxy) is 7. The van der Waals surface area contributed by atoms with Gasteiger partial charge in [-0.1, -0.05) is 48.4 Å². The molecule has 14 nitrogen and oxygen atoms in total. The molecular formula is C52H65N3O11. The Hall–Kier alpha value is -5.41. The molecule has 8 rings (SSSR count). The first-order valence-corrected chi connectivity index (χ1v) is 23.7. The fraction of sp³-hybridized carbons (Fsp3) is 0.519. The van der Waals surface area contributed by atoms with Gasteiger partial charge < -0.3 is 48.2 Å². The number of unbranched alkanes of at least 4 members (excludes halogenated alkanes) is 2. The van der Waals surface area contributed by atoms with E-state index in [1.807, 2.05) is 55.5 Å². The largest absolute Gasteiger partial charge is 0.487 e. The van der Waals surface area contributed by atoms with Crippen molar-refractivity contribution in [2.45, 2.75) is 115 Å². The summed E-state index contributed by atoms with van der Waals surface area (Å²) >= 11 is 0. The van der Waals surface area contributed by atoms with E-state index in [0.717, 1.165) is 66.6 Å². The average Bonchev–Trinajstić information content (AvgIpc) is 3.81. The number of amides is 1. The molecule has 7 unspecified atom stereocenters. The van der Waals surface area contributed by atoms with Crippen molar-refractivity contribution in [2.24, 2.45) is 22.9 Å². The van der Waals surface area contributed by atoms with Crippen LogP contribution in [-0.2, 0) is 32.2 Å². The number of carbonyl (C=O) groups is 1. The Balaban J connectivity index is 1.31. The lowest BCUT2D eigenvalue weighted by molar-refractivity contribution is -0.256. The van der Waals surface area contributed by atoms with E-state index < -0.39 is 30.1 Å². The van der Waals surface area contributed by atoms with Gasteiger partial charge in [-0.05, 0) is 117 Å². The Bertz CT molecular complexity index is 2210. The molecule has 2 aliphatic carbocycles. The van der Waals surface area contributed by atoms with Crippen LogP contribution in [0.3, 0.4) is 0 Å². The van der Waals surface area contributed by atoms with Crippen molar-refractivity contribution in [3.05, 3.63) is 114 Å². The van der Waals surface area contributed by atoms with Crippen LogP contribution in [0, 0.1) is 24.7 Å². The zero-order valence-corrected chi connectivity index (χ0v) is 38.2. The molecule has 0 radical (unpaired) electrons. The van der Waals surface area contributed by atoms with Crippen molar-refractivity contribution < 1.29 is 53.0 Å². The van der Waals surface area contributed by atoms with E-state index in [4.69, 9.17) is 43.2 Å². The summed E-state index contributed by atoms with van der Waals surface area (Å²) in [6, 6.07) is 16.7. The normalized spacial score (nSPS) is 25.4. The molecule has 1 saturated heterocycles. The number of aliphatic hydroxyl groups is 2. The van der Waals surface area contributed by atoms with E-state index >= 15 is 0 Å². The van der Waals surface area contributed by atoms with Gasteiger partial charge in [-0.25, -0.2) is 4.79 Å². The fourth-order valence-electron chi connectivity index (χ4n) is 10.3. The van der Waals surface area contributed by atoms with Gasteiger partial charge in [0.1, 0.15) is 24.1 Å². The van der Waals surface area contributed by atoms with Crippen LogP contribution >= 0.6 is 0 Å². The summed E-state index contributed by atoms with van der Waals surface area (Å²) in [7, 11) is 0. The number of pyridine rings is 1. The number of hydrogen-bond acceptors (Lipinski definition) is 13. The van der Waals surface area contributed by atoms with Crippen molar-refractivity contribution in [3.8, 4) is 23.0 Å². The van der Waals surface area contributed by atoms with Crippen LogP contribution in [0.15, 0.2) is 96.7 Å². The molecule has 3 aromatic rings. The lowest BCUT2D eigenvalue weighted by atomic mass is 9.55. The van der Waals surface area contributed by atoms with Crippen molar-refractivity contribution in [2.75, 3.05) is 39.8 Å². The van der Waals surface area contributed by atoms with E-state index in [0.29, 0.717) is 61.0 Å². The van der Waals surface area contributed by atoms with Gasteiger partial charge in [-0.3, -0.25) is 9.88 Å². The number of benzene rings is 2. The molecular weight excluding hydrogens is 843 g/mol. The highest BCUT2D eigenvalue weighted by Gasteiger charge is 2.66. The smallest absolute Gasteiger partial charge is 0.410 e. The topological polar surface area (TPSA) is 160 Å². The van der Waals surface area contributed by atoms with Crippen molar-refractivity contribution in [1.29, 1.82) is 0 Å². The first-order chi connectivity index (χ1) is 32.3. The molecule has 2 fully saturated rings. The van der Waals surface area contributed by atoms with Crippen LogP contribution in [0.25, 0.3) is 0 Å². The maximum absolute atomic E-state index is 14.9. The van der Waals surface area contributed by atoms with Gasteiger partial charge in [0.05, 0.1) is 37.1 Å². The highest BCUT2D eigenvalue weighted by molar-refractivity contribution is 6.03. The van der Waals surface area contributed by atoms with E-state index in [1.54, 1.807) is 17.1 Å². The van der Waals surface area contributed by atoms with Crippen molar-refractivity contribution in [3.63, 3.8) is 0 Å². The van der Waals surface area contributed by atoms with E-state index in [1.165, 1.54) is 0 Å². The third-order valence-electron chi connectivity index (χ3n) is 13.3. The molecule has 0 spiro atoms. The molecule has 1 saturated carbocycles. The second kappa shape index (κ2) is 22.4. The van der Waals surface area contributed by atoms with Gasteiger partial charge >= 0.3 is 6.09 Å². The van der Waals surface area contributed by atoms with Gasteiger partial charge in [0.2, 0.25) is 18.9 Å². The Kier molecular flexibility index (Phi) is 16.0. The first kappa shape index (κ1) is 47.1. The van der Waals surface area contributed by atoms with Crippen LogP contribution in [0.1, 0.15) is 99.1 Å². The second-order valence-electron chi connectivity index (χ2n) is 17.7. The standard InChI is InChI=1S/C52H65N3O11/c1-4-6-26-60-51(58)55(32-36-19-21-45-46(28-36)63-34-62-45)47-31-43(54-66-48-18-9-12-27-59-48)41-29-37(15-7-10-23-56)40(17-8-11-24-57)49-42-30-39(61-33-38-16-13-14-35(3)53-38)20-22-44(42)65-52(47,50(41)49)64-25-5-2/h4-5,13-14,16,19-22,28-30,37,40,47-50,56-57H,1-2,6-12,15,17-18,23-27,31-34H2,3H3. The van der Waals surface area contributed by atoms with Crippen LogP contribution in [0.4, 0.5) is 4.79 Å². The number of aliphatic hydroxyl groups excluding tert-OH is 2. The highest BCUT2D eigenvalue weighted by atomic mass is 16.8. The number of rotatable bonds is 22. The van der Waals surface area contributed by atoms with E-state index in [-0.39, 0.29) is 70.5 Å². The predicted molar refractivity (Wildman–Crippen MR) is 247 cm³/mol. The Morgan fingerprint density at radius 1 is 0.985 bits per heavy atom. The van der Waals surface area contributed by atoms with Crippen molar-refractivity contribution >= 4 is 11.8 Å². The summed E-state index contributed by atoms with van der Waals surface area (Å²) in [6.45, 7) is 11.4. The van der Waals surface area contributed by atoms with Gasteiger partial charge in [0.25, 0.3) is 0 Å². The van der Waals surface area contributed by atoms with Crippen LogP contribution in [-0.4, -0.2) is 89.8 Å². The van der Waals surface area contributed by atoms with Gasteiger partial charge in [-0.15, -0.1) is 13.2 Å². The number of nitrogens with zero attached hydrogens (tertiary/aromatic N) is 3. The Morgan fingerprint density at radius 3 is 2.61 bits per heavy atom. The minimum atomic E-state index is -1.50. The van der Waals surface area contributed by atoms with Gasteiger partial charge in [0, 0.05) is 49.8 Å². The zero-order chi connectivity index (χ0) is 45.9. The first-order valence-electron chi connectivity index (χ1n) is 23.7. The Morgan fingerprint density at radius 2 is 1.82 bits per heavy atom. The molecule has 354 valence electrons. The number of aromatic nitrogens is 1. The van der Waals surface area contributed by atoms with E-state index in [9.17, 15) is 15.0 Å². The summed E-state index contributed by atoms with van der Waals surface area (Å²) in [4.78, 5) is 27.5. The average molecular weight is 908 g/mol. The highest BCUT2D eigenvalue weighted by Crippen LogP contribution is 2.62. The summed E-state index contributed by atoms with van der Waals surface area (Å²) in [5, 5.41) is 25.0. The third-order valence-corrected chi connectivity index (χ3v) is 13.3. The quantitative estimate of drug-likeness (QED) is 0.0560. The molecule has 66 heavy (non-hydrogen) atoms. The molecule has 1 aromatic heterocycles. The summed E-state index contributed by atoms with van der Waals surface area (Å²) in [5.41, 5.74) is 5.06. The van der Waals surface area contributed by atoms with E-state index in [2.05, 4.69) is 30.3 Å². The molecule has 5 aliphatic rings. The second-order valence-corrected chi connectivity index (χ2v) is 17.7. The molecule has 0 bridgehead atoms. The lowest BCUT2D eigenvalue weighted by Gasteiger charge is -2.60. The number of aryl methyl sites for hydroxylation is 1. The molecule has 2 aromatic carbocycles. The number of carbonyl (C=O) groups excluding carboxylic acids is 1. The Labute approximate surface area is 388 Å². The molecule has 14 heteroatoms. The predicted octanol–water partition coefficient (Wildman–Crippen LogP) is 9.07. The minimum absolute atomic E-state index is 0.0245. The van der Waals surface area contributed by atoms with Crippen molar-refractivity contribution in [1.82, 2.24) is 9.88 Å². The number of allylic oxidation sites excluding steroid dienone is 1. The number of hydrogen-bond donors (Lipinski definition) is 2. The molecule has 7 atom stereocenters. The molecule has 1 amide bonds. The van der Waals surface area contributed by atoms with Crippen LogP contribution in [0.2, 0.25) is 0 Å². The number of oxime groups is 1. The third kappa shape index (κ3) is 10.6. The number of fused-ring (bicyclic) bond motifs is 3. The van der Waals surface area contributed by atoms with Gasteiger partial charge in [0.15, 0.2) is 11.5 Å². The monoisotopic (exact) mass is 907 g/mol. The minimum Gasteiger partial charge on any atom is -0.487 e. The lowest BCUT2D eigenvalue weighted by Crippen LogP contribution is -2.70.